The molecular weight excluding hydrogens is 266 g/mol. The lowest BCUT2D eigenvalue weighted by atomic mass is 10.1. The summed E-state index contributed by atoms with van der Waals surface area (Å²) < 4.78 is 28.0. The third-order valence-corrected chi connectivity index (χ3v) is 2.89. The van der Waals surface area contributed by atoms with Crippen molar-refractivity contribution in [3.63, 3.8) is 0 Å². The van der Waals surface area contributed by atoms with Crippen molar-refractivity contribution in [2.75, 3.05) is 32.1 Å². The highest BCUT2D eigenvalue weighted by atomic mass is 19.1. The smallest absolute Gasteiger partial charge is 0.241 e. The average Bonchev–Trinajstić information content (AvgIpc) is 2.37. The molecule has 4 nitrogen and oxygen atoms in total. The van der Waals surface area contributed by atoms with E-state index in [1.807, 2.05) is 6.92 Å². The number of hydrogen-bond donors (Lipinski definition) is 1. The number of likely N-dealkylation sites (N-methyl/N-ethyl adjacent to an activating group) is 1. The van der Waals surface area contributed by atoms with Gasteiger partial charge in [-0.1, -0.05) is 6.92 Å². The minimum atomic E-state index is -0.769. The first-order valence-electron chi connectivity index (χ1n) is 6.44. The zero-order valence-corrected chi connectivity index (χ0v) is 12.0. The monoisotopic (exact) mass is 286 g/mol. The van der Waals surface area contributed by atoms with Gasteiger partial charge in [-0.2, -0.15) is 0 Å². The Morgan fingerprint density at radius 2 is 1.80 bits per heavy atom. The number of nitrogens with zero attached hydrogens (tertiary/aromatic N) is 2. The summed E-state index contributed by atoms with van der Waals surface area (Å²) in [5.41, 5.74) is -0.0571. The van der Waals surface area contributed by atoms with Crippen LogP contribution in [0, 0.1) is 11.6 Å². The molecular formula is C14H20F2N2O2. The molecule has 0 bridgehead atoms. The summed E-state index contributed by atoms with van der Waals surface area (Å²) in [7, 11) is 3.18. The standard InChI is InChI=1S/C14H20F2N2O2/c1-4-5-18(8-13(20)17(2)3)14-11(15)6-10(9-19)7-12(14)16/h6-7,19H,4-5,8-9H2,1-3H3. The molecule has 0 radical (unpaired) electrons. The van der Waals surface area contributed by atoms with Gasteiger partial charge in [0.1, 0.15) is 17.3 Å². The maximum absolute atomic E-state index is 14.0. The van der Waals surface area contributed by atoms with Crippen LogP contribution in [-0.4, -0.2) is 43.1 Å². The van der Waals surface area contributed by atoms with Crippen molar-refractivity contribution in [1.29, 1.82) is 0 Å². The third kappa shape index (κ3) is 3.90. The van der Waals surface area contributed by atoms with E-state index in [-0.39, 0.29) is 23.7 Å². The molecule has 0 fully saturated rings. The first kappa shape index (κ1) is 16.4. The number of anilines is 1. The molecule has 0 saturated heterocycles. The second-order valence-electron chi connectivity index (χ2n) is 4.78. The normalized spacial score (nSPS) is 10.5. The lowest BCUT2D eigenvalue weighted by Gasteiger charge is -2.26. The number of aliphatic hydroxyl groups is 1. The number of benzene rings is 1. The maximum Gasteiger partial charge on any atom is 0.241 e. The van der Waals surface area contributed by atoms with Crippen LogP contribution < -0.4 is 4.90 Å². The van der Waals surface area contributed by atoms with Gasteiger partial charge < -0.3 is 14.9 Å². The van der Waals surface area contributed by atoms with Crippen LogP contribution >= 0.6 is 0 Å². The molecule has 0 aromatic heterocycles. The van der Waals surface area contributed by atoms with E-state index >= 15 is 0 Å². The molecule has 0 unspecified atom stereocenters. The minimum absolute atomic E-state index is 0.0901. The fraction of sp³-hybridized carbons (Fsp3) is 0.500. The summed E-state index contributed by atoms with van der Waals surface area (Å²) in [6.45, 7) is 1.71. The molecule has 20 heavy (non-hydrogen) atoms. The maximum atomic E-state index is 14.0. The average molecular weight is 286 g/mol. The quantitative estimate of drug-likeness (QED) is 0.866. The Morgan fingerprint density at radius 1 is 1.25 bits per heavy atom. The van der Waals surface area contributed by atoms with E-state index in [0.29, 0.717) is 13.0 Å². The first-order valence-corrected chi connectivity index (χ1v) is 6.44. The molecule has 1 rings (SSSR count). The summed E-state index contributed by atoms with van der Waals surface area (Å²) in [4.78, 5) is 14.5. The molecule has 0 saturated carbocycles. The summed E-state index contributed by atoms with van der Waals surface area (Å²) in [6.07, 6.45) is 0.654. The summed E-state index contributed by atoms with van der Waals surface area (Å²) in [5.74, 6) is -1.77. The second kappa shape index (κ2) is 7.19. The van der Waals surface area contributed by atoms with Crippen LogP contribution in [0.3, 0.4) is 0 Å². The van der Waals surface area contributed by atoms with Gasteiger partial charge in [0.05, 0.1) is 13.2 Å². The predicted molar refractivity (Wildman–Crippen MR) is 73.5 cm³/mol. The van der Waals surface area contributed by atoms with Crippen LogP contribution in [0.2, 0.25) is 0 Å². The van der Waals surface area contributed by atoms with E-state index < -0.39 is 18.2 Å². The molecule has 0 aliphatic carbocycles. The molecule has 1 aromatic carbocycles. The first-order chi connectivity index (χ1) is 9.40. The number of carbonyl (C=O) groups excluding carboxylic acids is 1. The van der Waals surface area contributed by atoms with Gasteiger partial charge in [0.15, 0.2) is 0 Å². The van der Waals surface area contributed by atoms with Gasteiger partial charge in [-0.15, -0.1) is 0 Å². The SMILES string of the molecule is CCCN(CC(=O)N(C)C)c1c(F)cc(CO)cc1F. The molecule has 0 heterocycles. The van der Waals surface area contributed by atoms with Crippen LogP contribution in [0.4, 0.5) is 14.5 Å². The van der Waals surface area contributed by atoms with Gasteiger partial charge in [0.2, 0.25) is 5.91 Å². The lowest BCUT2D eigenvalue weighted by Crippen LogP contribution is -2.38. The number of carbonyl (C=O) groups is 1. The highest BCUT2D eigenvalue weighted by Crippen LogP contribution is 2.25. The fourth-order valence-corrected chi connectivity index (χ4v) is 1.86. The van der Waals surface area contributed by atoms with Crippen molar-refractivity contribution in [3.8, 4) is 0 Å². The van der Waals surface area contributed by atoms with Gasteiger partial charge in [-0.3, -0.25) is 4.79 Å². The Hall–Kier alpha value is -1.69. The van der Waals surface area contributed by atoms with Crippen LogP contribution in [0.15, 0.2) is 12.1 Å². The molecule has 0 atom stereocenters. The van der Waals surface area contributed by atoms with Crippen molar-refractivity contribution in [2.45, 2.75) is 20.0 Å². The number of aliphatic hydroxyl groups excluding tert-OH is 1. The second-order valence-corrected chi connectivity index (χ2v) is 4.78. The highest BCUT2D eigenvalue weighted by Gasteiger charge is 2.20. The summed E-state index contributed by atoms with van der Waals surface area (Å²) in [5, 5.41) is 8.93. The lowest BCUT2D eigenvalue weighted by molar-refractivity contribution is -0.127. The van der Waals surface area contributed by atoms with Gasteiger partial charge in [0.25, 0.3) is 0 Å². The van der Waals surface area contributed by atoms with E-state index in [2.05, 4.69) is 0 Å². The Balaban J connectivity index is 3.11. The number of halogens is 2. The predicted octanol–water partition coefficient (Wildman–Crippen LogP) is 1.76. The van der Waals surface area contributed by atoms with E-state index in [0.717, 1.165) is 12.1 Å². The van der Waals surface area contributed by atoms with Crippen molar-refractivity contribution < 1.29 is 18.7 Å². The molecule has 1 aromatic rings. The van der Waals surface area contributed by atoms with Gasteiger partial charge >= 0.3 is 0 Å². The molecule has 1 amide bonds. The van der Waals surface area contributed by atoms with Crippen LogP contribution in [-0.2, 0) is 11.4 Å². The van der Waals surface area contributed by atoms with Gasteiger partial charge in [0, 0.05) is 20.6 Å². The number of rotatable bonds is 6. The molecule has 112 valence electrons. The molecule has 0 aliphatic rings. The Kier molecular flexibility index (Phi) is 5.88. The van der Waals surface area contributed by atoms with E-state index in [1.54, 1.807) is 14.1 Å². The van der Waals surface area contributed by atoms with Crippen molar-refractivity contribution >= 4 is 11.6 Å². The molecule has 6 heteroatoms. The Labute approximate surface area is 117 Å². The minimum Gasteiger partial charge on any atom is -0.392 e. The van der Waals surface area contributed by atoms with E-state index in [9.17, 15) is 13.6 Å². The van der Waals surface area contributed by atoms with Gasteiger partial charge in [-0.05, 0) is 24.1 Å². The third-order valence-electron chi connectivity index (χ3n) is 2.89. The number of amides is 1. The highest BCUT2D eigenvalue weighted by molar-refractivity contribution is 5.81. The largest absolute Gasteiger partial charge is 0.392 e. The van der Waals surface area contributed by atoms with Crippen molar-refractivity contribution in [2.24, 2.45) is 0 Å². The van der Waals surface area contributed by atoms with Gasteiger partial charge in [-0.25, -0.2) is 8.78 Å². The Bertz CT molecular complexity index is 455. The van der Waals surface area contributed by atoms with E-state index in [1.165, 1.54) is 9.80 Å². The zero-order valence-electron chi connectivity index (χ0n) is 12.0. The summed E-state index contributed by atoms with van der Waals surface area (Å²) >= 11 is 0. The van der Waals surface area contributed by atoms with Crippen molar-refractivity contribution in [1.82, 2.24) is 4.90 Å². The van der Waals surface area contributed by atoms with Crippen LogP contribution in [0.1, 0.15) is 18.9 Å². The zero-order chi connectivity index (χ0) is 15.3. The fourth-order valence-electron chi connectivity index (χ4n) is 1.86. The van der Waals surface area contributed by atoms with Crippen LogP contribution in [0.25, 0.3) is 0 Å². The Morgan fingerprint density at radius 3 is 2.20 bits per heavy atom. The van der Waals surface area contributed by atoms with Crippen molar-refractivity contribution in [3.05, 3.63) is 29.3 Å². The number of hydrogen-bond acceptors (Lipinski definition) is 3. The topological polar surface area (TPSA) is 43.8 Å². The molecule has 0 spiro atoms. The summed E-state index contributed by atoms with van der Waals surface area (Å²) in [6, 6.07) is 2.17. The molecule has 0 aliphatic heterocycles. The van der Waals surface area contributed by atoms with E-state index in [4.69, 9.17) is 5.11 Å². The van der Waals surface area contributed by atoms with Crippen LogP contribution in [0.5, 0.6) is 0 Å². The molecule has 1 N–H and O–H groups in total.